The summed E-state index contributed by atoms with van der Waals surface area (Å²) in [5.74, 6) is -1.14. The van der Waals surface area contributed by atoms with Crippen LogP contribution in [0.15, 0.2) is 30.3 Å². The molecule has 0 spiro atoms. The lowest BCUT2D eigenvalue weighted by molar-refractivity contribution is -0.146. The van der Waals surface area contributed by atoms with Gasteiger partial charge >= 0.3 is 5.97 Å². The van der Waals surface area contributed by atoms with Crippen molar-refractivity contribution in [1.82, 2.24) is 0 Å². The molecule has 0 radical (unpaired) electrons. The van der Waals surface area contributed by atoms with Gasteiger partial charge in [0.1, 0.15) is 5.92 Å². The Morgan fingerprint density at radius 2 is 1.17 bits per heavy atom. The second-order valence-electron chi connectivity index (χ2n) is 8.42. The summed E-state index contributed by atoms with van der Waals surface area (Å²) in [7, 11) is 0. The summed E-state index contributed by atoms with van der Waals surface area (Å²) in [6.07, 6.45) is 18.7. The van der Waals surface area contributed by atoms with Gasteiger partial charge in [0.25, 0.3) is 0 Å². The predicted molar refractivity (Wildman–Crippen MR) is 126 cm³/mol. The summed E-state index contributed by atoms with van der Waals surface area (Å²) in [6.45, 7) is 4.37. The van der Waals surface area contributed by atoms with Crippen molar-refractivity contribution >= 4 is 11.8 Å². The van der Waals surface area contributed by atoms with Gasteiger partial charge in [-0.1, -0.05) is 127 Å². The molecule has 1 aromatic rings. The zero-order valence-corrected chi connectivity index (χ0v) is 19.5. The maximum atomic E-state index is 12.7. The van der Waals surface area contributed by atoms with Gasteiger partial charge < -0.3 is 4.74 Å². The van der Waals surface area contributed by atoms with Crippen LogP contribution in [0, 0.1) is 5.92 Å². The molecule has 0 heterocycles. The molecule has 0 aliphatic rings. The highest BCUT2D eigenvalue weighted by molar-refractivity contribution is 6.08. The Labute approximate surface area is 185 Å². The number of ketones is 1. The quantitative estimate of drug-likeness (QED) is 0.0995. The van der Waals surface area contributed by atoms with Crippen molar-refractivity contribution in [2.75, 3.05) is 6.61 Å². The first kappa shape index (κ1) is 26.4. The molecule has 1 atom stereocenters. The van der Waals surface area contributed by atoms with E-state index in [4.69, 9.17) is 4.74 Å². The van der Waals surface area contributed by atoms with Crippen molar-refractivity contribution < 1.29 is 14.3 Å². The van der Waals surface area contributed by atoms with Crippen LogP contribution >= 0.6 is 0 Å². The molecule has 0 bridgehead atoms. The minimum Gasteiger partial charge on any atom is -0.465 e. The Bertz CT molecular complexity index is 552. The zero-order chi connectivity index (χ0) is 21.9. The Morgan fingerprint density at radius 1 is 0.700 bits per heavy atom. The van der Waals surface area contributed by atoms with E-state index in [1.807, 2.05) is 18.2 Å². The number of carbonyl (C=O) groups is 2. The lowest BCUT2D eigenvalue weighted by Crippen LogP contribution is -2.26. The molecule has 1 aromatic carbocycles. The van der Waals surface area contributed by atoms with E-state index in [2.05, 4.69) is 6.92 Å². The number of hydrogen-bond donors (Lipinski definition) is 0. The Kier molecular flexibility index (Phi) is 16.0. The third kappa shape index (κ3) is 12.1. The smallest absolute Gasteiger partial charge is 0.316 e. The van der Waals surface area contributed by atoms with Gasteiger partial charge in [-0.25, -0.2) is 0 Å². The highest BCUT2D eigenvalue weighted by Gasteiger charge is 2.28. The molecule has 0 N–H and O–H groups in total. The first-order chi connectivity index (χ1) is 14.7. The normalized spacial score (nSPS) is 11.9. The molecule has 1 rings (SSSR count). The van der Waals surface area contributed by atoms with E-state index in [0.717, 1.165) is 12.8 Å². The van der Waals surface area contributed by atoms with Crippen LogP contribution in [0.2, 0.25) is 0 Å². The molecule has 3 heteroatoms. The number of unbranched alkanes of at least 4 members (excludes halogenated alkanes) is 13. The van der Waals surface area contributed by atoms with Crippen molar-refractivity contribution in [2.24, 2.45) is 5.92 Å². The number of ether oxygens (including phenoxy) is 1. The highest BCUT2D eigenvalue weighted by atomic mass is 16.5. The fourth-order valence-electron chi connectivity index (χ4n) is 3.95. The molecule has 0 aliphatic heterocycles. The zero-order valence-electron chi connectivity index (χ0n) is 19.5. The van der Waals surface area contributed by atoms with E-state index in [1.165, 1.54) is 77.0 Å². The summed E-state index contributed by atoms with van der Waals surface area (Å²) >= 11 is 0. The van der Waals surface area contributed by atoms with Gasteiger partial charge in [0.15, 0.2) is 5.78 Å². The molecule has 0 fully saturated rings. The third-order valence-corrected chi connectivity index (χ3v) is 5.79. The second kappa shape index (κ2) is 18.2. The average Bonchev–Trinajstić information content (AvgIpc) is 2.77. The summed E-state index contributed by atoms with van der Waals surface area (Å²) < 4.78 is 5.16. The number of carbonyl (C=O) groups excluding carboxylic acids is 2. The third-order valence-electron chi connectivity index (χ3n) is 5.79. The molecule has 0 saturated heterocycles. The van der Waals surface area contributed by atoms with Crippen molar-refractivity contribution in [3.8, 4) is 0 Å². The van der Waals surface area contributed by atoms with E-state index in [-0.39, 0.29) is 11.8 Å². The van der Waals surface area contributed by atoms with Crippen LogP contribution in [0.5, 0.6) is 0 Å². The van der Waals surface area contributed by atoms with Crippen molar-refractivity contribution in [3.63, 3.8) is 0 Å². The van der Waals surface area contributed by atoms with E-state index in [9.17, 15) is 9.59 Å². The van der Waals surface area contributed by atoms with E-state index in [0.29, 0.717) is 18.6 Å². The Morgan fingerprint density at radius 3 is 1.63 bits per heavy atom. The maximum Gasteiger partial charge on any atom is 0.316 e. The number of hydrogen-bond acceptors (Lipinski definition) is 3. The van der Waals surface area contributed by atoms with Crippen LogP contribution < -0.4 is 0 Å². The van der Waals surface area contributed by atoms with E-state index >= 15 is 0 Å². The maximum absolute atomic E-state index is 12.7. The number of rotatable bonds is 19. The van der Waals surface area contributed by atoms with Gasteiger partial charge in [0, 0.05) is 5.56 Å². The molecule has 1 unspecified atom stereocenters. The molecule has 0 aromatic heterocycles. The van der Waals surface area contributed by atoms with Gasteiger partial charge in [-0.05, 0) is 13.3 Å². The SMILES string of the molecule is CCCCCCCCCCCCCCCCC(C(=O)OCC)C(=O)c1ccccc1. The number of benzene rings is 1. The largest absolute Gasteiger partial charge is 0.465 e. The number of Topliss-reactive ketones (excluding diaryl/α,β-unsaturated/α-hetero) is 1. The summed E-state index contributed by atoms with van der Waals surface area (Å²) in [6, 6.07) is 9.10. The van der Waals surface area contributed by atoms with Crippen molar-refractivity contribution in [3.05, 3.63) is 35.9 Å². The van der Waals surface area contributed by atoms with Crippen LogP contribution in [-0.4, -0.2) is 18.4 Å². The van der Waals surface area contributed by atoms with Gasteiger partial charge in [0.2, 0.25) is 0 Å². The van der Waals surface area contributed by atoms with Crippen LogP contribution in [0.4, 0.5) is 0 Å². The molecule has 0 saturated carbocycles. The molecular weight excluding hydrogens is 372 g/mol. The Balaban J connectivity index is 2.13. The second-order valence-corrected chi connectivity index (χ2v) is 8.42. The van der Waals surface area contributed by atoms with Crippen LogP contribution in [0.1, 0.15) is 121 Å². The molecule has 0 amide bonds. The highest BCUT2D eigenvalue weighted by Crippen LogP contribution is 2.19. The fourth-order valence-corrected chi connectivity index (χ4v) is 3.95. The predicted octanol–water partition coefficient (Wildman–Crippen LogP) is 7.92. The minimum absolute atomic E-state index is 0.108. The van der Waals surface area contributed by atoms with Gasteiger partial charge in [-0.2, -0.15) is 0 Å². The summed E-state index contributed by atoms with van der Waals surface area (Å²) in [4.78, 5) is 25.0. The molecular formula is C27H44O3. The van der Waals surface area contributed by atoms with E-state index < -0.39 is 5.92 Å². The summed E-state index contributed by atoms with van der Waals surface area (Å²) in [5, 5.41) is 0. The van der Waals surface area contributed by atoms with Crippen LogP contribution in [0.3, 0.4) is 0 Å². The van der Waals surface area contributed by atoms with Crippen LogP contribution in [-0.2, 0) is 9.53 Å². The molecule has 170 valence electrons. The average molecular weight is 417 g/mol. The minimum atomic E-state index is -0.662. The lowest BCUT2D eigenvalue weighted by atomic mass is 9.92. The van der Waals surface area contributed by atoms with Gasteiger partial charge in [-0.15, -0.1) is 0 Å². The standard InChI is InChI=1S/C27H44O3/c1-3-5-6-7-8-9-10-11-12-13-14-15-16-20-23-25(27(29)30-4-2)26(28)24-21-18-17-19-22-24/h17-19,21-22,25H,3-16,20,23H2,1-2H3. The van der Waals surface area contributed by atoms with E-state index in [1.54, 1.807) is 19.1 Å². The Hall–Kier alpha value is -1.64. The van der Waals surface area contributed by atoms with Gasteiger partial charge in [0.05, 0.1) is 6.61 Å². The number of esters is 1. The molecule has 0 aliphatic carbocycles. The lowest BCUT2D eigenvalue weighted by Gasteiger charge is -2.14. The first-order valence-corrected chi connectivity index (χ1v) is 12.5. The van der Waals surface area contributed by atoms with Crippen molar-refractivity contribution in [1.29, 1.82) is 0 Å². The molecule has 30 heavy (non-hydrogen) atoms. The van der Waals surface area contributed by atoms with Crippen molar-refractivity contribution in [2.45, 2.75) is 110 Å². The fraction of sp³-hybridized carbons (Fsp3) is 0.704. The first-order valence-electron chi connectivity index (χ1n) is 12.5. The molecule has 3 nitrogen and oxygen atoms in total. The van der Waals surface area contributed by atoms with Gasteiger partial charge in [-0.3, -0.25) is 9.59 Å². The summed E-state index contributed by atoms with van der Waals surface area (Å²) in [5.41, 5.74) is 0.598. The topological polar surface area (TPSA) is 43.4 Å². The van der Waals surface area contributed by atoms with Crippen LogP contribution in [0.25, 0.3) is 0 Å². The monoisotopic (exact) mass is 416 g/mol.